The van der Waals surface area contributed by atoms with Crippen LogP contribution in [0.15, 0.2) is 91.1 Å². The fourth-order valence-electron chi connectivity index (χ4n) is 4.45. The predicted octanol–water partition coefficient (Wildman–Crippen LogP) is 4.92. The first-order valence-electron chi connectivity index (χ1n) is 12.3. The normalized spacial score (nSPS) is 10.8. The van der Waals surface area contributed by atoms with Gasteiger partial charge in [-0.15, -0.1) is 0 Å². The number of nitrogens with zero attached hydrogens (tertiary/aromatic N) is 3. The molecule has 0 unspecified atom stereocenters. The van der Waals surface area contributed by atoms with E-state index in [1.807, 2.05) is 98.8 Å². The lowest BCUT2D eigenvalue weighted by Crippen LogP contribution is -2.35. The van der Waals surface area contributed by atoms with Crippen molar-refractivity contribution in [3.8, 4) is 0 Å². The highest BCUT2D eigenvalue weighted by Crippen LogP contribution is 2.23. The molecule has 1 aromatic heterocycles. The highest BCUT2D eigenvalue weighted by atomic mass is 16.2. The van der Waals surface area contributed by atoms with E-state index < -0.39 is 11.7 Å². The third kappa shape index (κ3) is 5.54. The molecule has 6 heteroatoms. The molecule has 4 rings (SSSR count). The molecule has 0 aliphatic heterocycles. The number of aromatic nitrogens is 1. The number of Topliss-reactive ketones (excluding diaryl/α,β-unsaturated/α-hetero) is 1. The molecule has 4 aromatic rings. The van der Waals surface area contributed by atoms with Gasteiger partial charge < -0.3 is 14.4 Å². The van der Waals surface area contributed by atoms with Crippen molar-refractivity contribution in [1.29, 1.82) is 0 Å². The Morgan fingerprint density at radius 3 is 1.78 bits per heavy atom. The van der Waals surface area contributed by atoms with Crippen molar-refractivity contribution in [2.75, 3.05) is 13.1 Å². The third-order valence-electron chi connectivity index (χ3n) is 6.37. The molecule has 0 spiro atoms. The summed E-state index contributed by atoms with van der Waals surface area (Å²) >= 11 is 0. The summed E-state index contributed by atoms with van der Waals surface area (Å²) in [6.45, 7) is 5.87. The lowest BCUT2D eigenvalue weighted by Gasteiger charge is -2.22. The second-order valence-electron chi connectivity index (χ2n) is 8.72. The minimum Gasteiger partial charge on any atom is -0.342 e. The Morgan fingerprint density at radius 2 is 1.22 bits per heavy atom. The quantitative estimate of drug-likeness (QED) is 0.239. The van der Waals surface area contributed by atoms with E-state index in [-0.39, 0.29) is 12.5 Å². The summed E-state index contributed by atoms with van der Waals surface area (Å²) in [5.74, 6) is -1.17. The van der Waals surface area contributed by atoms with E-state index in [2.05, 4.69) is 0 Å². The zero-order chi connectivity index (χ0) is 25.5. The summed E-state index contributed by atoms with van der Waals surface area (Å²) in [6, 6.07) is 26.7. The molecule has 6 nitrogen and oxygen atoms in total. The average molecular weight is 482 g/mol. The fraction of sp³-hybridized carbons (Fsp3) is 0.233. The third-order valence-corrected chi connectivity index (χ3v) is 6.37. The summed E-state index contributed by atoms with van der Waals surface area (Å²) in [4.78, 5) is 43.4. The molecule has 0 bridgehead atoms. The Labute approximate surface area is 211 Å². The van der Waals surface area contributed by atoms with Crippen molar-refractivity contribution < 1.29 is 14.4 Å². The Balaban J connectivity index is 1.66. The number of fused-ring (bicyclic) bond motifs is 1. The number of benzene rings is 3. The number of ketones is 1. The first kappa shape index (κ1) is 24.9. The zero-order valence-corrected chi connectivity index (χ0v) is 20.8. The van der Waals surface area contributed by atoms with Crippen LogP contribution in [0.25, 0.3) is 10.9 Å². The maximum atomic E-state index is 13.6. The lowest BCUT2D eigenvalue weighted by molar-refractivity contribution is -0.131. The Morgan fingerprint density at radius 1 is 0.694 bits per heavy atom. The molecule has 0 fully saturated rings. The highest BCUT2D eigenvalue weighted by molar-refractivity contribution is 6.44. The van der Waals surface area contributed by atoms with Crippen LogP contribution in [0.2, 0.25) is 0 Å². The fourth-order valence-corrected chi connectivity index (χ4v) is 4.45. The van der Waals surface area contributed by atoms with Crippen LogP contribution in [0.5, 0.6) is 0 Å². The summed E-state index contributed by atoms with van der Waals surface area (Å²) in [6.07, 6.45) is 1.65. The summed E-state index contributed by atoms with van der Waals surface area (Å²) in [5, 5.41) is 0.669. The van der Waals surface area contributed by atoms with E-state index in [1.54, 1.807) is 20.6 Å². The van der Waals surface area contributed by atoms with Gasteiger partial charge in [-0.1, -0.05) is 78.9 Å². The topological polar surface area (TPSA) is 62.6 Å². The van der Waals surface area contributed by atoms with Crippen LogP contribution in [-0.4, -0.2) is 45.1 Å². The predicted molar refractivity (Wildman–Crippen MR) is 141 cm³/mol. The molecule has 0 saturated carbocycles. The van der Waals surface area contributed by atoms with Crippen molar-refractivity contribution in [2.24, 2.45) is 0 Å². The van der Waals surface area contributed by atoms with E-state index >= 15 is 0 Å². The van der Waals surface area contributed by atoms with Crippen molar-refractivity contribution in [2.45, 2.75) is 33.5 Å². The molecule has 0 aliphatic carbocycles. The van der Waals surface area contributed by atoms with Gasteiger partial charge in [-0.3, -0.25) is 14.4 Å². The molecular formula is C30H31N3O3. The van der Waals surface area contributed by atoms with Crippen molar-refractivity contribution >= 4 is 28.5 Å². The maximum Gasteiger partial charge on any atom is 0.295 e. The van der Waals surface area contributed by atoms with Crippen LogP contribution < -0.4 is 0 Å². The van der Waals surface area contributed by atoms with Gasteiger partial charge in [0.15, 0.2) is 0 Å². The molecule has 0 N–H and O–H groups in total. The maximum absolute atomic E-state index is 13.6. The highest BCUT2D eigenvalue weighted by Gasteiger charge is 2.27. The number of rotatable bonds is 10. The number of para-hydroxylation sites is 1. The molecule has 3 aromatic carbocycles. The van der Waals surface area contributed by atoms with Crippen molar-refractivity contribution in [3.63, 3.8) is 0 Å². The number of amides is 2. The van der Waals surface area contributed by atoms with Gasteiger partial charge in [0.05, 0.1) is 5.56 Å². The number of hydrogen-bond donors (Lipinski definition) is 0. The number of carbonyl (C=O) groups is 3. The van der Waals surface area contributed by atoms with Gasteiger partial charge in [0.2, 0.25) is 5.91 Å². The van der Waals surface area contributed by atoms with Crippen molar-refractivity contribution in [1.82, 2.24) is 14.4 Å². The standard InChI is InChI=1S/C30H31N3O3/c1-3-31(4-2)28(34)22-32-21-26(25-17-11-12-18-27(25)32)29(35)30(36)33(19-23-13-7-5-8-14-23)20-24-15-9-6-10-16-24/h5-18,21H,3-4,19-20,22H2,1-2H3. The number of hydrogen-bond acceptors (Lipinski definition) is 3. The summed E-state index contributed by atoms with van der Waals surface area (Å²) in [7, 11) is 0. The van der Waals surface area contributed by atoms with Crippen LogP contribution in [0, 0.1) is 0 Å². The smallest absolute Gasteiger partial charge is 0.295 e. The lowest BCUT2D eigenvalue weighted by atomic mass is 10.1. The van der Waals surface area contributed by atoms with E-state index in [0.717, 1.165) is 16.6 Å². The molecule has 0 aliphatic rings. The van der Waals surface area contributed by atoms with Gasteiger partial charge in [0.25, 0.3) is 11.7 Å². The summed E-state index contributed by atoms with van der Waals surface area (Å²) < 4.78 is 1.77. The minimum atomic E-state index is -0.577. The van der Waals surface area contributed by atoms with Crippen molar-refractivity contribution in [3.05, 3.63) is 108 Å². The minimum absolute atomic E-state index is 0.0270. The Kier molecular flexibility index (Phi) is 7.95. The molecule has 2 amide bonds. The van der Waals surface area contributed by atoms with Crippen LogP contribution in [0.4, 0.5) is 0 Å². The first-order valence-corrected chi connectivity index (χ1v) is 12.3. The largest absolute Gasteiger partial charge is 0.342 e. The van der Waals surface area contributed by atoms with Gasteiger partial charge in [0.1, 0.15) is 6.54 Å². The Bertz CT molecular complexity index is 1300. The second kappa shape index (κ2) is 11.5. The van der Waals surface area contributed by atoms with E-state index in [9.17, 15) is 14.4 Å². The molecule has 1 heterocycles. The van der Waals surface area contributed by atoms with Crippen LogP contribution in [0.1, 0.15) is 35.3 Å². The van der Waals surface area contributed by atoms with E-state index in [1.165, 1.54) is 0 Å². The van der Waals surface area contributed by atoms with Crippen LogP contribution in [-0.2, 0) is 29.2 Å². The SMILES string of the molecule is CCN(CC)C(=O)Cn1cc(C(=O)C(=O)N(Cc2ccccc2)Cc2ccccc2)c2ccccc21. The number of likely N-dealkylation sites (N-methyl/N-ethyl adjacent to an activating group) is 1. The van der Waals surface area contributed by atoms with Crippen LogP contribution in [0.3, 0.4) is 0 Å². The van der Waals surface area contributed by atoms with Crippen LogP contribution >= 0.6 is 0 Å². The van der Waals surface area contributed by atoms with Gasteiger partial charge in [-0.25, -0.2) is 0 Å². The van der Waals surface area contributed by atoms with Gasteiger partial charge in [-0.05, 0) is 31.0 Å². The van der Waals surface area contributed by atoms with Gasteiger partial charge in [-0.2, -0.15) is 0 Å². The second-order valence-corrected chi connectivity index (χ2v) is 8.72. The molecule has 0 saturated heterocycles. The number of carbonyl (C=O) groups excluding carboxylic acids is 3. The molecule has 0 radical (unpaired) electrons. The van der Waals surface area contributed by atoms with Gasteiger partial charge >= 0.3 is 0 Å². The molecule has 184 valence electrons. The average Bonchev–Trinajstić information content (AvgIpc) is 3.27. The molecule has 36 heavy (non-hydrogen) atoms. The van der Waals surface area contributed by atoms with Gasteiger partial charge in [0, 0.05) is 43.3 Å². The molecular weight excluding hydrogens is 450 g/mol. The van der Waals surface area contributed by atoms with E-state index in [0.29, 0.717) is 37.1 Å². The molecule has 0 atom stereocenters. The first-order chi connectivity index (χ1) is 17.5. The summed E-state index contributed by atoms with van der Waals surface area (Å²) in [5.41, 5.74) is 2.96. The Hall–Kier alpha value is -4.19. The van der Waals surface area contributed by atoms with E-state index in [4.69, 9.17) is 0 Å². The zero-order valence-electron chi connectivity index (χ0n) is 20.8. The monoisotopic (exact) mass is 481 g/mol.